The second kappa shape index (κ2) is 5.62. The highest BCUT2D eigenvalue weighted by atomic mass is 16.5. The molecule has 2 unspecified atom stereocenters. The van der Waals surface area contributed by atoms with Crippen molar-refractivity contribution >= 4 is 0 Å². The molecule has 2 aliphatic heterocycles. The molecule has 2 atom stereocenters. The summed E-state index contributed by atoms with van der Waals surface area (Å²) in [7, 11) is 0. The summed E-state index contributed by atoms with van der Waals surface area (Å²) in [5.74, 6) is 0.845. The predicted octanol–water partition coefficient (Wildman–Crippen LogP) is 3.31. The van der Waals surface area contributed by atoms with Crippen LogP contribution in [0, 0.1) is 0 Å². The fraction of sp³-hybridized carbons (Fsp3) is 0.667. The summed E-state index contributed by atoms with van der Waals surface area (Å²) in [5.41, 5.74) is 1.86. The van der Waals surface area contributed by atoms with Crippen LogP contribution in [0.1, 0.15) is 57.3 Å². The molecule has 0 radical (unpaired) electrons. The van der Waals surface area contributed by atoms with Crippen LogP contribution in [0.2, 0.25) is 0 Å². The molecule has 3 nitrogen and oxygen atoms in total. The zero-order valence-corrected chi connectivity index (χ0v) is 13.4. The molecule has 0 aliphatic carbocycles. The number of aliphatic hydroxyl groups excluding tert-OH is 1. The summed E-state index contributed by atoms with van der Waals surface area (Å²) in [6.45, 7) is 8.48. The van der Waals surface area contributed by atoms with Crippen molar-refractivity contribution in [2.45, 2.75) is 64.2 Å². The smallest absolute Gasteiger partial charge is 0.126 e. The number of rotatable bonds is 2. The van der Waals surface area contributed by atoms with Gasteiger partial charge in [-0.15, -0.1) is 0 Å². The van der Waals surface area contributed by atoms with E-state index in [0.29, 0.717) is 0 Å². The largest absolute Gasteiger partial charge is 0.486 e. The zero-order chi connectivity index (χ0) is 15.0. The highest BCUT2D eigenvalue weighted by Gasteiger charge is 2.46. The number of hydrogen-bond acceptors (Lipinski definition) is 3. The number of aryl methyl sites for hydroxylation is 1. The van der Waals surface area contributed by atoms with Crippen molar-refractivity contribution in [1.82, 2.24) is 4.90 Å². The number of fused-ring (bicyclic) bond motifs is 1. The highest BCUT2D eigenvalue weighted by Crippen LogP contribution is 2.43. The van der Waals surface area contributed by atoms with Crippen LogP contribution >= 0.6 is 0 Å². The number of hydrogen-bond donors (Lipinski definition) is 1. The third-order valence-electron chi connectivity index (χ3n) is 4.97. The normalized spacial score (nSPS) is 28.8. The Morgan fingerprint density at radius 3 is 2.62 bits per heavy atom. The van der Waals surface area contributed by atoms with Crippen molar-refractivity contribution < 1.29 is 9.84 Å². The molecule has 1 aromatic carbocycles. The Kier molecular flexibility index (Phi) is 3.98. The van der Waals surface area contributed by atoms with E-state index < -0.39 is 6.10 Å². The van der Waals surface area contributed by atoms with Crippen molar-refractivity contribution in [3.8, 4) is 5.75 Å². The Hall–Kier alpha value is -1.06. The molecule has 21 heavy (non-hydrogen) atoms. The van der Waals surface area contributed by atoms with Gasteiger partial charge >= 0.3 is 0 Å². The van der Waals surface area contributed by atoms with Crippen LogP contribution < -0.4 is 4.74 Å². The number of ether oxygens (including phenoxy) is 1. The molecule has 0 spiro atoms. The number of aliphatic hydroxyl groups is 1. The van der Waals surface area contributed by atoms with Crippen molar-refractivity contribution in [2.75, 3.05) is 13.1 Å². The number of piperidine rings is 1. The van der Waals surface area contributed by atoms with Crippen molar-refractivity contribution in [3.63, 3.8) is 0 Å². The lowest BCUT2D eigenvalue weighted by atomic mass is 9.83. The second-order valence-corrected chi connectivity index (χ2v) is 6.92. The molecule has 2 aliphatic rings. The van der Waals surface area contributed by atoms with Crippen LogP contribution in [0.25, 0.3) is 0 Å². The Labute approximate surface area is 127 Å². The molecule has 1 aromatic rings. The first-order valence-corrected chi connectivity index (χ1v) is 8.27. The molecule has 3 heteroatoms. The monoisotopic (exact) mass is 289 g/mol. The zero-order valence-electron chi connectivity index (χ0n) is 13.4. The van der Waals surface area contributed by atoms with Crippen LogP contribution in [-0.4, -0.2) is 34.7 Å². The van der Waals surface area contributed by atoms with E-state index in [1.165, 1.54) is 24.8 Å². The molecule has 1 N–H and O–H groups in total. The van der Waals surface area contributed by atoms with Gasteiger partial charge in [0.15, 0.2) is 0 Å². The number of nitrogens with zero attached hydrogens (tertiary/aromatic N) is 1. The Balaban J connectivity index is 1.96. The van der Waals surface area contributed by atoms with Crippen LogP contribution in [0.5, 0.6) is 5.75 Å². The Morgan fingerprint density at radius 1 is 1.24 bits per heavy atom. The van der Waals surface area contributed by atoms with Crippen molar-refractivity contribution in [3.05, 3.63) is 29.3 Å². The van der Waals surface area contributed by atoms with Crippen LogP contribution in [0.4, 0.5) is 0 Å². The van der Waals surface area contributed by atoms with Gasteiger partial charge in [0.25, 0.3) is 0 Å². The highest BCUT2D eigenvalue weighted by molar-refractivity contribution is 5.42. The Morgan fingerprint density at radius 2 is 1.95 bits per heavy atom. The van der Waals surface area contributed by atoms with Gasteiger partial charge < -0.3 is 9.84 Å². The minimum atomic E-state index is -0.464. The standard InChI is InChI=1S/C18H27NO2/c1-4-13-8-9-15-14(12-13)16(20)17(18(2,3)21-15)19-10-6-5-7-11-19/h8-9,12,16-17,20H,4-7,10-11H2,1-3H3. The molecule has 116 valence electrons. The molecule has 0 aromatic heterocycles. The lowest BCUT2D eigenvalue weighted by molar-refractivity contribution is -0.0873. The van der Waals surface area contributed by atoms with Crippen molar-refractivity contribution in [1.29, 1.82) is 0 Å². The van der Waals surface area contributed by atoms with E-state index in [9.17, 15) is 5.11 Å². The van der Waals surface area contributed by atoms with Gasteiger partial charge in [0, 0.05) is 5.56 Å². The molecule has 1 saturated heterocycles. The van der Waals surface area contributed by atoms with E-state index in [2.05, 4.69) is 37.8 Å². The minimum absolute atomic E-state index is 0.0393. The maximum Gasteiger partial charge on any atom is 0.126 e. The maximum absolute atomic E-state index is 11.0. The molecular formula is C18H27NO2. The summed E-state index contributed by atoms with van der Waals surface area (Å²) < 4.78 is 6.25. The van der Waals surface area contributed by atoms with Gasteiger partial charge in [0.2, 0.25) is 0 Å². The lowest BCUT2D eigenvalue weighted by Gasteiger charge is -2.49. The van der Waals surface area contributed by atoms with E-state index in [1.807, 2.05) is 6.07 Å². The van der Waals surface area contributed by atoms with Gasteiger partial charge in [-0.1, -0.05) is 19.4 Å². The summed E-state index contributed by atoms with van der Waals surface area (Å²) in [5, 5.41) is 11.0. The quantitative estimate of drug-likeness (QED) is 0.906. The van der Waals surface area contributed by atoms with Gasteiger partial charge in [0.1, 0.15) is 17.5 Å². The molecule has 0 saturated carbocycles. The average Bonchev–Trinajstić information content (AvgIpc) is 2.47. The topological polar surface area (TPSA) is 32.7 Å². The fourth-order valence-electron chi connectivity index (χ4n) is 3.87. The summed E-state index contributed by atoms with van der Waals surface area (Å²) in [6.07, 6.45) is 4.27. The van der Waals surface area contributed by atoms with Gasteiger partial charge in [-0.05, 0) is 63.9 Å². The van der Waals surface area contributed by atoms with Crippen LogP contribution in [-0.2, 0) is 6.42 Å². The van der Waals surface area contributed by atoms with Gasteiger partial charge in [0.05, 0.1) is 6.04 Å². The second-order valence-electron chi connectivity index (χ2n) is 6.92. The molecular weight excluding hydrogens is 262 g/mol. The first-order chi connectivity index (χ1) is 10.0. The van der Waals surface area contributed by atoms with Gasteiger partial charge in [-0.25, -0.2) is 0 Å². The van der Waals surface area contributed by atoms with Crippen molar-refractivity contribution in [2.24, 2.45) is 0 Å². The van der Waals surface area contributed by atoms with E-state index >= 15 is 0 Å². The predicted molar refractivity (Wildman–Crippen MR) is 84.7 cm³/mol. The number of likely N-dealkylation sites (tertiary alicyclic amines) is 1. The Bertz CT molecular complexity index is 506. The van der Waals surface area contributed by atoms with E-state index in [4.69, 9.17) is 4.74 Å². The SMILES string of the molecule is CCc1ccc2c(c1)C(O)C(N1CCCCC1)C(C)(C)O2. The summed E-state index contributed by atoms with van der Waals surface area (Å²) in [6, 6.07) is 6.28. The molecule has 2 heterocycles. The molecule has 0 bridgehead atoms. The lowest BCUT2D eigenvalue weighted by Crippen LogP contribution is -2.59. The molecule has 3 rings (SSSR count). The van der Waals surface area contributed by atoms with Gasteiger partial charge in [-0.3, -0.25) is 4.90 Å². The first kappa shape index (κ1) is 14.9. The fourth-order valence-corrected chi connectivity index (χ4v) is 3.87. The molecule has 0 amide bonds. The maximum atomic E-state index is 11.0. The van der Waals surface area contributed by atoms with Gasteiger partial charge in [-0.2, -0.15) is 0 Å². The van der Waals surface area contributed by atoms with Crippen LogP contribution in [0.3, 0.4) is 0 Å². The third kappa shape index (κ3) is 2.69. The summed E-state index contributed by atoms with van der Waals surface area (Å²) >= 11 is 0. The first-order valence-electron chi connectivity index (χ1n) is 8.27. The van der Waals surface area contributed by atoms with E-state index in [0.717, 1.165) is 30.8 Å². The number of benzene rings is 1. The van der Waals surface area contributed by atoms with E-state index in [1.54, 1.807) is 0 Å². The minimum Gasteiger partial charge on any atom is -0.486 e. The van der Waals surface area contributed by atoms with Crippen LogP contribution in [0.15, 0.2) is 18.2 Å². The third-order valence-corrected chi connectivity index (χ3v) is 4.97. The average molecular weight is 289 g/mol. The summed E-state index contributed by atoms with van der Waals surface area (Å²) in [4.78, 5) is 2.43. The van der Waals surface area contributed by atoms with E-state index in [-0.39, 0.29) is 11.6 Å². The molecule has 1 fully saturated rings.